The highest BCUT2D eigenvalue weighted by Crippen LogP contribution is 2.37. The molecule has 0 radical (unpaired) electrons. The summed E-state index contributed by atoms with van der Waals surface area (Å²) in [5, 5.41) is 3.63. The molecule has 0 aliphatic heterocycles. The zero-order valence-electron chi connectivity index (χ0n) is 9.52. The minimum absolute atomic E-state index is 0.233. The van der Waals surface area contributed by atoms with Crippen LogP contribution in [0.5, 0.6) is 0 Å². The Labute approximate surface area is 109 Å². The molecule has 1 heterocycles. The summed E-state index contributed by atoms with van der Waals surface area (Å²) in [5.41, 5.74) is 3.12. The van der Waals surface area contributed by atoms with Crippen molar-refractivity contribution in [1.82, 2.24) is 0 Å². The molecule has 2 heteroatoms. The maximum absolute atomic E-state index is 2.44. The van der Waals surface area contributed by atoms with Crippen molar-refractivity contribution in [2.24, 2.45) is 0 Å². The normalized spacial score (nSPS) is 12.3. The van der Waals surface area contributed by atoms with Gasteiger partial charge in [-0.05, 0) is 69.0 Å². The Morgan fingerprint density at radius 1 is 1.27 bits per heavy atom. The predicted octanol–water partition coefficient (Wildman–Crippen LogP) is 5.11. The van der Waals surface area contributed by atoms with Crippen LogP contribution in [-0.4, -0.2) is 0 Å². The first-order valence-electron chi connectivity index (χ1n) is 5.08. The molecular weight excluding hydrogens is 315 g/mol. The third kappa shape index (κ3) is 1.94. The molecule has 0 nitrogen and oxygen atoms in total. The van der Waals surface area contributed by atoms with Gasteiger partial charge < -0.3 is 0 Å². The van der Waals surface area contributed by atoms with Gasteiger partial charge >= 0.3 is 0 Å². The van der Waals surface area contributed by atoms with Crippen LogP contribution in [0, 0.1) is 10.5 Å². The first-order chi connectivity index (χ1) is 6.91. The molecule has 0 unspecified atom stereocenters. The van der Waals surface area contributed by atoms with E-state index in [-0.39, 0.29) is 5.41 Å². The van der Waals surface area contributed by atoms with Crippen LogP contribution in [0.25, 0.3) is 10.1 Å². The molecule has 2 rings (SSSR count). The standard InChI is InChI=1S/C13H15IS/c1-8-9-5-6-15-12(9)10(7-11(8)14)13(2,3)4/h5-7H,1-4H3. The van der Waals surface area contributed by atoms with Gasteiger partial charge in [0.2, 0.25) is 0 Å². The van der Waals surface area contributed by atoms with Gasteiger partial charge in [-0.25, -0.2) is 0 Å². The average molecular weight is 330 g/mol. The van der Waals surface area contributed by atoms with Crippen molar-refractivity contribution in [3.05, 3.63) is 32.2 Å². The van der Waals surface area contributed by atoms with Gasteiger partial charge in [-0.2, -0.15) is 0 Å². The second-order valence-electron chi connectivity index (χ2n) is 4.94. The zero-order chi connectivity index (χ0) is 11.2. The molecule has 15 heavy (non-hydrogen) atoms. The number of rotatable bonds is 0. The Balaban J connectivity index is 2.86. The van der Waals surface area contributed by atoms with Gasteiger partial charge in [-0.1, -0.05) is 20.8 Å². The summed E-state index contributed by atoms with van der Waals surface area (Å²) < 4.78 is 2.84. The predicted molar refractivity (Wildman–Crippen MR) is 78.0 cm³/mol. The van der Waals surface area contributed by atoms with E-state index in [0.29, 0.717) is 0 Å². The molecule has 0 saturated heterocycles. The van der Waals surface area contributed by atoms with E-state index >= 15 is 0 Å². The van der Waals surface area contributed by atoms with Crippen molar-refractivity contribution in [3.63, 3.8) is 0 Å². The Kier molecular flexibility index (Phi) is 2.84. The molecule has 0 fully saturated rings. The lowest BCUT2D eigenvalue weighted by Gasteiger charge is -2.21. The third-order valence-corrected chi connectivity index (χ3v) is 4.82. The van der Waals surface area contributed by atoms with Gasteiger partial charge in [0.25, 0.3) is 0 Å². The molecule has 0 amide bonds. The van der Waals surface area contributed by atoms with E-state index < -0.39 is 0 Å². The Bertz CT molecular complexity index is 503. The van der Waals surface area contributed by atoms with E-state index in [2.05, 4.69) is 67.8 Å². The first-order valence-corrected chi connectivity index (χ1v) is 7.04. The van der Waals surface area contributed by atoms with Crippen molar-refractivity contribution in [1.29, 1.82) is 0 Å². The molecule has 0 N–H and O–H groups in total. The molecule has 0 atom stereocenters. The van der Waals surface area contributed by atoms with Crippen molar-refractivity contribution >= 4 is 44.0 Å². The van der Waals surface area contributed by atoms with Gasteiger partial charge in [-0.15, -0.1) is 11.3 Å². The average Bonchev–Trinajstić information content (AvgIpc) is 2.57. The molecule has 0 bridgehead atoms. The molecule has 80 valence electrons. The molecule has 0 aliphatic rings. The largest absolute Gasteiger partial charge is 0.143 e. The van der Waals surface area contributed by atoms with Crippen LogP contribution in [0.3, 0.4) is 0 Å². The fourth-order valence-corrected chi connectivity index (χ4v) is 3.58. The van der Waals surface area contributed by atoms with Crippen LogP contribution < -0.4 is 0 Å². The number of thiophene rings is 1. The summed E-state index contributed by atoms with van der Waals surface area (Å²) >= 11 is 4.30. The highest BCUT2D eigenvalue weighted by molar-refractivity contribution is 14.1. The van der Waals surface area contributed by atoms with Gasteiger partial charge in [0.15, 0.2) is 0 Å². The van der Waals surface area contributed by atoms with Crippen molar-refractivity contribution in [2.75, 3.05) is 0 Å². The van der Waals surface area contributed by atoms with Crippen molar-refractivity contribution < 1.29 is 0 Å². The van der Waals surface area contributed by atoms with Gasteiger partial charge in [-0.3, -0.25) is 0 Å². The fourth-order valence-electron chi connectivity index (χ4n) is 1.80. The number of aryl methyl sites for hydroxylation is 1. The van der Waals surface area contributed by atoms with Crippen molar-refractivity contribution in [2.45, 2.75) is 33.1 Å². The van der Waals surface area contributed by atoms with Crippen LogP contribution in [0.4, 0.5) is 0 Å². The van der Waals surface area contributed by atoms with Crippen LogP contribution in [0.15, 0.2) is 17.5 Å². The number of hydrogen-bond donors (Lipinski definition) is 0. The first kappa shape index (κ1) is 11.4. The van der Waals surface area contributed by atoms with E-state index in [1.165, 1.54) is 24.8 Å². The van der Waals surface area contributed by atoms with E-state index in [9.17, 15) is 0 Å². The highest BCUT2D eigenvalue weighted by Gasteiger charge is 2.19. The van der Waals surface area contributed by atoms with Crippen LogP contribution in [0.1, 0.15) is 31.9 Å². The molecular formula is C13H15IS. The number of hydrogen-bond acceptors (Lipinski definition) is 1. The van der Waals surface area contributed by atoms with E-state index in [0.717, 1.165) is 0 Å². The van der Waals surface area contributed by atoms with Gasteiger partial charge in [0.05, 0.1) is 0 Å². The number of fused-ring (bicyclic) bond motifs is 1. The SMILES string of the molecule is Cc1c(I)cc(C(C)(C)C)c2sccc12. The second-order valence-corrected chi connectivity index (χ2v) is 7.02. The zero-order valence-corrected chi connectivity index (χ0v) is 12.5. The lowest BCUT2D eigenvalue weighted by atomic mass is 9.86. The Hall–Kier alpha value is -0.0900. The molecule has 0 spiro atoms. The van der Waals surface area contributed by atoms with E-state index in [1.54, 1.807) is 0 Å². The third-order valence-electron chi connectivity index (χ3n) is 2.75. The summed E-state index contributed by atoms with van der Waals surface area (Å²) in [6.07, 6.45) is 0. The molecule has 1 aromatic carbocycles. The lowest BCUT2D eigenvalue weighted by molar-refractivity contribution is 0.596. The van der Waals surface area contributed by atoms with E-state index in [4.69, 9.17) is 0 Å². The number of halogens is 1. The fraction of sp³-hybridized carbons (Fsp3) is 0.385. The quantitative estimate of drug-likeness (QED) is 0.589. The Morgan fingerprint density at radius 3 is 2.53 bits per heavy atom. The smallest absolute Gasteiger partial charge is 0.0383 e. The van der Waals surface area contributed by atoms with Crippen molar-refractivity contribution in [3.8, 4) is 0 Å². The van der Waals surface area contributed by atoms with Crippen LogP contribution >= 0.6 is 33.9 Å². The summed E-state index contributed by atoms with van der Waals surface area (Å²) in [7, 11) is 0. The highest BCUT2D eigenvalue weighted by atomic mass is 127. The van der Waals surface area contributed by atoms with E-state index in [1.807, 2.05) is 11.3 Å². The molecule has 1 aromatic heterocycles. The Morgan fingerprint density at radius 2 is 1.93 bits per heavy atom. The van der Waals surface area contributed by atoms with Gasteiger partial charge in [0, 0.05) is 8.27 Å². The summed E-state index contributed by atoms with van der Waals surface area (Å²) in [6.45, 7) is 9.07. The minimum atomic E-state index is 0.233. The maximum Gasteiger partial charge on any atom is 0.0383 e. The lowest BCUT2D eigenvalue weighted by Crippen LogP contribution is -2.11. The molecule has 0 aliphatic carbocycles. The topological polar surface area (TPSA) is 0 Å². The minimum Gasteiger partial charge on any atom is -0.143 e. The molecule has 0 saturated carbocycles. The van der Waals surface area contributed by atoms with Crippen LogP contribution in [0.2, 0.25) is 0 Å². The summed E-state index contributed by atoms with van der Waals surface area (Å²) in [5.74, 6) is 0. The number of benzene rings is 1. The van der Waals surface area contributed by atoms with Crippen LogP contribution in [-0.2, 0) is 5.41 Å². The maximum atomic E-state index is 2.44. The van der Waals surface area contributed by atoms with Gasteiger partial charge in [0.1, 0.15) is 0 Å². The monoisotopic (exact) mass is 330 g/mol. The molecule has 2 aromatic rings. The summed E-state index contributed by atoms with van der Waals surface area (Å²) in [4.78, 5) is 0. The summed E-state index contributed by atoms with van der Waals surface area (Å²) in [6, 6.07) is 4.58. The second kappa shape index (κ2) is 3.74.